The standard InChI is InChI=1S/C5H9NO/c1-5(4-7)3-6-2/h3,7H,2,4H2,1H3. The van der Waals surface area contributed by atoms with Crippen LogP contribution in [0.3, 0.4) is 0 Å². The summed E-state index contributed by atoms with van der Waals surface area (Å²) >= 11 is 0. The van der Waals surface area contributed by atoms with Crippen molar-refractivity contribution in [1.29, 1.82) is 0 Å². The lowest BCUT2D eigenvalue weighted by Gasteiger charge is -1.85. The van der Waals surface area contributed by atoms with Crippen LogP contribution in [0.1, 0.15) is 6.92 Å². The Morgan fingerprint density at radius 2 is 2.57 bits per heavy atom. The second kappa shape index (κ2) is 3.56. The first-order valence-electron chi connectivity index (χ1n) is 2.03. The molecule has 1 N–H and O–H groups in total. The molecule has 0 spiro atoms. The molecule has 0 unspecified atom stereocenters. The van der Waals surface area contributed by atoms with E-state index in [2.05, 4.69) is 11.7 Å². The van der Waals surface area contributed by atoms with E-state index in [-0.39, 0.29) is 6.61 Å². The molecule has 40 valence electrons. The Bertz CT molecular complexity index is 86.1. The SMILES string of the molecule is C=NC=C(C)CO. The Kier molecular flexibility index (Phi) is 3.24. The van der Waals surface area contributed by atoms with Crippen LogP contribution in [0.4, 0.5) is 0 Å². The van der Waals surface area contributed by atoms with Gasteiger partial charge in [0.1, 0.15) is 0 Å². The highest BCUT2D eigenvalue weighted by Gasteiger charge is 1.77. The fourth-order valence-corrected chi connectivity index (χ4v) is 0.197. The van der Waals surface area contributed by atoms with Gasteiger partial charge in [-0.2, -0.15) is 0 Å². The Labute approximate surface area is 43.2 Å². The zero-order valence-electron chi connectivity index (χ0n) is 4.39. The molecule has 0 aliphatic heterocycles. The average Bonchev–Trinajstić information content (AvgIpc) is 1.68. The minimum absolute atomic E-state index is 0.0685. The molecule has 0 saturated carbocycles. The highest BCUT2D eigenvalue weighted by molar-refractivity contribution is 5.26. The van der Waals surface area contributed by atoms with Gasteiger partial charge in [0, 0.05) is 6.20 Å². The molecule has 0 bridgehead atoms. The zero-order valence-corrected chi connectivity index (χ0v) is 4.39. The van der Waals surface area contributed by atoms with Crippen LogP contribution >= 0.6 is 0 Å². The molecule has 0 atom stereocenters. The van der Waals surface area contributed by atoms with E-state index in [0.717, 1.165) is 5.57 Å². The largest absolute Gasteiger partial charge is 0.392 e. The monoisotopic (exact) mass is 99.1 g/mol. The van der Waals surface area contributed by atoms with Crippen molar-refractivity contribution in [3.8, 4) is 0 Å². The van der Waals surface area contributed by atoms with Crippen molar-refractivity contribution in [3.05, 3.63) is 11.8 Å². The van der Waals surface area contributed by atoms with Gasteiger partial charge in [-0.05, 0) is 19.2 Å². The molecular weight excluding hydrogens is 90.1 g/mol. The van der Waals surface area contributed by atoms with Gasteiger partial charge in [-0.1, -0.05) is 0 Å². The Balaban J connectivity index is 3.49. The number of hydrogen-bond donors (Lipinski definition) is 1. The molecule has 0 aromatic heterocycles. The fourth-order valence-electron chi connectivity index (χ4n) is 0.197. The Morgan fingerprint density at radius 1 is 2.00 bits per heavy atom. The van der Waals surface area contributed by atoms with Gasteiger partial charge < -0.3 is 5.11 Å². The van der Waals surface area contributed by atoms with Crippen LogP contribution < -0.4 is 0 Å². The van der Waals surface area contributed by atoms with E-state index in [1.807, 2.05) is 0 Å². The number of aliphatic hydroxyl groups is 1. The molecule has 0 radical (unpaired) electrons. The highest BCUT2D eigenvalue weighted by atomic mass is 16.3. The predicted octanol–water partition coefficient (Wildman–Crippen LogP) is 0.583. The van der Waals surface area contributed by atoms with Gasteiger partial charge in [-0.3, -0.25) is 4.99 Å². The molecule has 0 heterocycles. The quantitative estimate of drug-likeness (QED) is 0.505. The minimum atomic E-state index is 0.0685. The van der Waals surface area contributed by atoms with E-state index in [0.29, 0.717) is 0 Å². The summed E-state index contributed by atoms with van der Waals surface area (Å²) < 4.78 is 0. The van der Waals surface area contributed by atoms with Gasteiger partial charge in [0.05, 0.1) is 6.61 Å². The smallest absolute Gasteiger partial charge is 0.0656 e. The molecule has 0 saturated heterocycles. The lowest BCUT2D eigenvalue weighted by Crippen LogP contribution is -1.80. The number of aliphatic imine (C=N–C) groups is 1. The van der Waals surface area contributed by atoms with Gasteiger partial charge in [0.15, 0.2) is 0 Å². The summed E-state index contributed by atoms with van der Waals surface area (Å²) in [6.07, 6.45) is 1.53. The minimum Gasteiger partial charge on any atom is -0.392 e. The van der Waals surface area contributed by atoms with Crippen molar-refractivity contribution in [3.63, 3.8) is 0 Å². The van der Waals surface area contributed by atoms with Crippen LogP contribution in [-0.2, 0) is 0 Å². The van der Waals surface area contributed by atoms with Crippen molar-refractivity contribution >= 4 is 6.72 Å². The van der Waals surface area contributed by atoms with E-state index in [1.165, 1.54) is 6.20 Å². The summed E-state index contributed by atoms with van der Waals surface area (Å²) in [5.41, 5.74) is 0.829. The lowest BCUT2D eigenvalue weighted by atomic mass is 10.4. The maximum Gasteiger partial charge on any atom is 0.0656 e. The second-order valence-corrected chi connectivity index (χ2v) is 1.32. The molecule has 2 heteroatoms. The predicted molar refractivity (Wildman–Crippen MR) is 30.4 cm³/mol. The summed E-state index contributed by atoms with van der Waals surface area (Å²) in [7, 11) is 0. The van der Waals surface area contributed by atoms with Gasteiger partial charge in [-0.25, -0.2) is 0 Å². The maximum absolute atomic E-state index is 8.31. The van der Waals surface area contributed by atoms with E-state index >= 15 is 0 Å². The average molecular weight is 99.1 g/mol. The van der Waals surface area contributed by atoms with E-state index in [9.17, 15) is 0 Å². The lowest BCUT2D eigenvalue weighted by molar-refractivity contribution is 0.331. The van der Waals surface area contributed by atoms with Crippen molar-refractivity contribution < 1.29 is 5.11 Å². The third kappa shape index (κ3) is 3.19. The normalized spacial score (nSPS) is 11.4. The third-order valence-electron chi connectivity index (χ3n) is 0.561. The van der Waals surface area contributed by atoms with Crippen LogP contribution in [0.5, 0.6) is 0 Å². The molecule has 0 aromatic rings. The van der Waals surface area contributed by atoms with Gasteiger partial charge in [0.2, 0.25) is 0 Å². The van der Waals surface area contributed by atoms with Crippen molar-refractivity contribution in [2.24, 2.45) is 4.99 Å². The molecular formula is C5H9NO. The van der Waals surface area contributed by atoms with Crippen LogP contribution in [-0.4, -0.2) is 18.4 Å². The van der Waals surface area contributed by atoms with Gasteiger partial charge >= 0.3 is 0 Å². The number of hydrogen-bond acceptors (Lipinski definition) is 2. The first kappa shape index (κ1) is 6.37. The topological polar surface area (TPSA) is 32.6 Å². The number of rotatable bonds is 2. The Hall–Kier alpha value is -0.630. The van der Waals surface area contributed by atoms with Crippen LogP contribution in [0.2, 0.25) is 0 Å². The maximum atomic E-state index is 8.31. The van der Waals surface area contributed by atoms with Crippen molar-refractivity contribution in [1.82, 2.24) is 0 Å². The zero-order chi connectivity index (χ0) is 5.70. The van der Waals surface area contributed by atoms with Gasteiger partial charge in [-0.15, -0.1) is 0 Å². The van der Waals surface area contributed by atoms with Crippen LogP contribution in [0, 0.1) is 0 Å². The first-order chi connectivity index (χ1) is 3.31. The fraction of sp³-hybridized carbons (Fsp3) is 0.400. The highest BCUT2D eigenvalue weighted by Crippen LogP contribution is 1.86. The first-order valence-corrected chi connectivity index (χ1v) is 2.03. The van der Waals surface area contributed by atoms with Gasteiger partial charge in [0.25, 0.3) is 0 Å². The van der Waals surface area contributed by atoms with Crippen LogP contribution in [0.15, 0.2) is 16.8 Å². The summed E-state index contributed by atoms with van der Waals surface area (Å²) in [6.45, 7) is 5.07. The molecule has 0 aliphatic carbocycles. The third-order valence-corrected chi connectivity index (χ3v) is 0.561. The molecule has 7 heavy (non-hydrogen) atoms. The molecule has 0 aliphatic rings. The summed E-state index contributed by atoms with van der Waals surface area (Å²) in [5, 5.41) is 8.31. The Morgan fingerprint density at radius 3 is 2.71 bits per heavy atom. The molecule has 0 fully saturated rings. The van der Waals surface area contributed by atoms with Crippen molar-refractivity contribution in [2.45, 2.75) is 6.92 Å². The summed E-state index contributed by atoms with van der Waals surface area (Å²) in [6, 6.07) is 0. The van der Waals surface area contributed by atoms with E-state index in [1.54, 1.807) is 6.92 Å². The molecule has 0 aromatic carbocycles. The number of nitrogens with zero attached hydrogens (tertiary/aromatic N) is 1. The van der Waals surface area contributed by atoms with Crippen LogP contribution in [0.25, 0.3) is 0 Å². The summed E-state index contributed by atoms with van der Waals surface area (Å²) in [4.78, 5) is 3.43. The molecule has 2 nitrogen and oxygen atoms in total. The second-order valence-electron chi connectivity index (χ2n) is 1.32. The van der Waals surface area contributed by atoms with Crippen molar-refractivity contribution in [2.75, 3.05) is 6.61 Å². The van der Waals surface area contributed by atoms with E-state index < -0.39 is 0 Å². The number of aliphatic hydroxyl groups excluding tert-OH is 1. The molecule has 0 amide bonds. The summed E-state index contributed by atoms with van der Waals surface area (Å²) in [5.74, 6) is 0. The molecule has 0 rings (SSSR count). The van der Waals surface area contributed by atoms with E-state index in [4.69, 9.17) is 5.11 Å².